The summed E-state index contributed by atoms with van der Waals surface area (Å²) >= 11 is 0. The van der Waals surface area contributed by atoms with Gasteiger partial charge in [-0.1, -0.05) is 18.2 Å². The van der Waals surface area contributed by atoms with Crippen LogP contribution in [0.1, 0.15) is 23.2 Å². The third-order valence-corrected chi connectivity index (χ3v) is 5.06. The molecule has 0 radical (unpaired) electrons. The Morgan fingerprint density at radius 3 is 2.89 bits per heavy atom. The maximum absolute atomic E-state index is 13.4. The Labute approximate surface area is 163 Å². The number of hydrogen-bond acceptors (Lipinski definition) is 3. The van der Waals surface area contributed by atoms with Crippen LogP contribution < -0.4 is 5.56 Å². The Balaban J connectivity index is 0.00000210. The number of nitrogens with zero attached hydrogens (tertiary/aromatic N) is 3. The van der Waals surface area contributed by atoms with E-state index in [0.717, 1.165) is 29.7 Å². The highest BCUT2D eigenvalue weighted by Crippen LogP contribution is 2.22. The maximum Gasteiger partial charge on any atom is 0.276 e. The van der Waals surface area contributed by atoms with Crippen molar-refractivity contribution in [2.75, 3.05) is 7.05 Å². The van der Waals surface area contributed by atoms with Crippen molar-refractivity contribution in [1.82, 2.24) is 19.7 Å². The Morgan fingerprint density at radius 2 is 2.15 bits per heavy atom. The molecule has 0 saturated heterocycles. The number of aromatic amines is 1. The van der Waals surface area contributed by atoms with Crippen LogP contribution in [0.5, 0.6) is 0 Å². The monoisotopic (exact) mass is 388 g/mol. The van der Waals surface area contributed by atoms with Crippen LogP contribution in [0.25, 0.3) is 5.82 Å². The van der Waals surface area contributed by atoms with Gasteiger partial charge in [-0.15, -0.1) is 12.4 Å². The molecule has 142 valence electrons. The van der Waals surface area contributed by atoms with E-state index in [1.165, 1.54) is 10.7 Å². The lowest BCUT2D eigenvalue weighted by Gasteiger charge is -2.30. The van der Waals surface area contributed by atoms with Gasteiger partial charge in [0.15, 0.2) is 5.82 Å². The number of halogens is 2. The number of H-pyrrole nitrogens is 1. The fourth-order valence-electron chi connectivity index (χ4n) is 3.66. The Hall–Kier alpha value is -2.44. The molecule has 0 amide bonds. The highest BCUT2D eigenvalue weighted by molar-refractivity contribution is 5.85. The van der Waals surface area contributed by atoms with Gasteiger partial charge in [0.05, 0.1) is 0 Å². The van der Waals surface area contributed by atoms with Crippen LogP contribution in [0.4, 0.5) is 4.39 Å². The van der Waals surface area contributed by atoms with Crippen molar-refractivity contribution in [3.8, 4) is 5.82 Å². The third kappa shape index (κ3) is 3.96. The molecule has 2 aromatic heterocycles. The minimum absolute atomic E-state index is 0. The fourth-order valence-corrected chi connectivity index (χ4v) is 3.66. The second-order valence-corrected chi connectivity index (χ2v) is 6.84. The Bertz CT molecular complexity index is 970. The summed E-state index contributed by atoms with van der Waals surface area (Å²) in [5, 5.41) is 3.21. The van der Waals surface area contributed by atoms with E-state index in [1.54, 1.807) is 18.3 Å². The highest BCUT2D eigenvalue weighted by atomic mass is 35.5. The first-order valence-corrected chi connectivity index (χ1v) is 8.80. The Kier molecular flexibility index (Phi) is 5.77. The van der Waals surface area contributed by atoms with Gasteiger partial charge in [0.2, 0.25) is 0 Å². The summed E-state index contributed by atoms with van der Waals surface area (Å²) in [5.41, 5.74) is 2.75. The summed E-state index contributed by atoms with van der Waals surface area (Å²) in [7, 11) is 2.03. The summed E-state index contributed by atoms with van der Waals surface area (Å²) in [4.78, 5) is 19.3. The number of aromatic nitrogens is 3. The van der Waals surface area contributed by atoms with E-state index in [1.807, 2.05) is 31.3 Å². The molecule has 27 heavy (non-hydrogen) atoms. The molecule has 1 atom stereocenters. The van der Waals surface area contributed by atoms with Crippen molar-refractivity contribution in [1.29, 1.82) is 0 Å². The SMILES string of the molecule is CN(Cc1cccc(F)c1)C1CCc2[nH]n(-c3ccccn3)c(=O)c2C1.Cl. The Morgan fingerprint density at radius 1 is 1.30 bits per heavy atom. The molecule has 2 heterocycles. The second kappa shape index (κ2) is 8.06. The molecule has 1 aliphatic carbocycles. The molecule has 1 N–H and O–H groups in total. The van der Waals surface area contributed by atoms with Gasteiger partial charge in [-0.05, 0) is 56.1 Å². The van der Waals surface area contributed by atoms with Crippen LogP contribution in [0.3, 0.4) is 0 Å². The minimum Gasteiger partial charge on any atom is -0.299 e. The van der Waals surface area contributed by atoms with Crippen LogP contribution in [-0.4, -0.2) is 32.8 Å². The number of nitrogens with one attached hydrogen (secondary N) is 1. The van der Waals surface area contributed by atoms with Crippen molar-refractivity contribution < 1.29 is 4.39 Å². The number of rotatable bonds is 4. The van der Waals surface area contributed by atoms with E-state index in [0.29, 0.717) is 18.8 Å². The first-order chi connectivity index (χ1) is 12.6. The van der Waals surface area contributed by atoms with E-state index < -0.39 is 0 Å². The number of pyridine rings is 1. The predicted molar refractivity (Wildman–Crippen MR) is 105 cm³/mol. The van der Waals surface area contributed by atoms with Gasteiger partial charge in [-0.2, -0.15) is 0 Å². The molecule has 1 unspecified atom stereocenters. The predicted octanol–water partition coefficient (Wildman–Crippen LogP) is 3.11. The van der Waals surface area contributed by atoms with E-state index in [4.69, 9.17) is 0 Å². The van der Waals surface area contributed by atoms with Crippen molar-refractivity contribution in [3.63, 3.8) is 0 Å². The molecule has 0 saturated carbocycles. The van der Waals surface area contributed by atoms with Gasteiger partial charge in [0, 0.05) is 30.0 Å². The number of fused-ring (bicyclic) bond motifs is 1. The van der Waals surface area contributed by atoms with Gasteiger partial charge in [0.1, 0.15) is 5.82 Å². The van der Waals surface area contributed by atoms with Crippen LogP contribution in [0.15, 0.2) is 53.5 Å². The maximum atomic E-state index is 13.4. The molecule has 7 heteroatoms. The van der Waals surface area contributed by atoms with Gasteiger partial charge >= 0.3 is 0 Å². The van der Waals surface area contributed by atoms with E-state index in [9.17, 15) is 9.18 Å². The first kappa shape index (κ1) is 19.3. The summed E-state index contributed by atoms with van der Waals surface area (Å²) < 4.78 is 14.9. The molecular weight excluding hydrogens is 367 g/mol. The molecular formula is C20H22ClFN4O. The molecule has 1 aliphatic rings. The van der Waals surface area contributed by atoms with Crippen LogP contribution >= 0.6 is 12.4 Å². The zero-order valence-electron chi connectivity index (χ0n) is 15.1. The minimum atomic E-state index is -0.217. The lowest BCUT2D eigenvalue weighted by molar-refractivity contribution is 0.213. The van der Waals surface area contributed by atoms with Crippen molar-refractivity contribution in [3.05, 3.63) is 81.7 Å². The van der Waals surface area contributed by atoms with E-state index in [-0.39, 0.29) is 29.8 Å². The quantitative estimate of drug-likeness (QED) is 0.747. The van der Waals surface area contributed by atoms with E-state index >= 15 is 0 Å². The normalized spacial score (nSPS) is 16.0. The summed E-state index contributed by atoms with van der Waals surface area (Å²) in [6.45, 7) is 0.663. The van der Waals surface area contributed by atoms with Crippen LogP contribution in [0, 0.1) is 5.82 Å². The molecule has 4 rings (SSSR count). The first-order valence-electron chi connectivity index (χ1n) is 8.80. The van der Waals surface area contributed by atoms with Crippen molar-refractivity contribution in [2.45, 2.75) is 31.8 Å². The standard InChI is InChI=1S/C20H21FN4O.ClH/c1-24(13-14-5-4-6-15(21)11-14)16-8-9-18-17(12-16)20(26)25(23-18)19-7-2-3-10-22-19;/h2-7,10-11,16,23H,8-9,12-13H2,1H3;1H. The van der Waals surface area contributed by atoms with Crippen LogP contribution in [0.2, 0.25) is 0 Å². The third-order valence-electron chi connectivity index (χ3n) is 5.06. The average Bonchev–Trinajstić information content (AvgIpc) is 2.99. The van der Waals surface area contributed by atoms with E-state index in [2.05, 4.69) is 15.0 Å². The molecule has 5 nitrogen and oxygen atoms in total. The highest BCUT2D eigenvalue weighted by Gasteiger charge is 2.27. The number of aryl methyl sites for hydroxylation is 1. The smallest absolute Gasteiger partial charge is 0.276 e. The summed E-state index contributed by atoms with van der Waals surface area (Å²) in [6, 6.07) is 12.4. The molecule has 0 bridgehead atoms. The zero-order valence-corrected chi connectivity index (χ0v) is 15.9. The fraction of sp³-hybridized carbons (Fsp3) is 0.300. The van der Waals surface area contributed by atoms with Gasteiger partial charge in [-0.25, -0.2) is 14.1 Å². The van der Waals surface area contributed by atoms with Crippen molar-refractivity contribution >= 4 is 12.4 Å². The van der Waals surface area contributed by atoms with Gasteiger partial charge in [-0.3, -0.25) is 14.8 Å². The molecule has 0 spiro atoms. The van der Waals surface area contributed by atoms with Gasteiger partial charge < -0.3 is 0 Å². The van der Waals surface area contributed by atoms with Crippen LogP contribution in [-0.2, 0) is 19.4 Å². The molecule has 1 aromatic carbocycles. The second-order valence-electron chi connectivity index (χ2n) is 6.84. The number of benzene rings is 1. The average molecular weight is 389 g/mol. The number of likely N-dealkylation sites (N-methyl/N-ethyl adjacent to an activating group) is 1. The number of hydrogen-bond donors (Lipinski definition) is 1. The topological polar surface area (TPSA) is 53.9 Å². The zero-order chi connectivity index (χ0) is 18.1. The van der Waals surface area contributed by atoms with Crippen molar-refractivity contribution in [2.24, 2.45) is 0 Å². The largest absolute Gasteiger partial charge is 0.299 e. The van der Waals surface area contributed by atoms with Gasteiger partial charge in [0.25, 0.3) is 5.56 Å². The molecule has 3 aromatic rings. The molecule has 0 aliphatic heterocycles. The summed E-state index contributed by atoms with van der Waals surface area (Å²) in [6.07, 6.45) is 4.15. The lowest BCUT2D eigenvalue weighted by atomic mass is 9.92. The summed E-state index contributed by atoms with van der Waals surface area (Å²) in [5.74, 6) is 0.391. The lowest BCUT2D eigenvalue weighted by Crippen LogP contribution is -2.37. The molecule has 0 fully saturated rings.